The molecular weight excluding hydrogens is 108 g/mol. The van der Waals surface area contributed by atoms with Gasteiger partial charge in [-0.3, -0.25) is 0 Å². The summed E-state index contributed by atoms with van der Waals surface area (Å²) in [5.41, 5.74) is 1.77. The average Bonchev–Trinajstić information content (AvgIpc) is 2.63. The van der Waals surface area contributed by atoms with Gasteiger partial charge in [-0.25, -0.2) is 0 Å². The minimum atomic E-state index is 0.867. The normalized spacial score (nSPS) is 74.0. The van der Waals surface area contributed by atoms with E-state index in [-0.39, 0.29) is 0 Å². The first-order valence-corrected chi connectivity index (χ1v) is 4.24. The number of rotatable bonds is 1. The molecule has 0 saturated heterocycles. The van der Waals surface area contributed by atoms with E-state index in [0.29, 0.717) is 0 Å². The Morgan fingerprint density at radius 1 is 1.44 bits per heavy atom. The third-order valence-electron chi connectivity index (χ3n) is 4.64. The van der Waals surface area contributed by atoms with E-state index < -0.39 is 0 Å². The first kappa shape index (κ1) is 4.76. The Kier molecular flexibility index (Phi) is 0.470. The van der Waals surface area contributed by atoms with E-state index in [4.69, 9.17) is 0 Å². The lowest BCUT2D eigenvalue weighted by molar-refractivity contribution is 0.167. The van der Waals surface area contributed by atoms with E-state index in [1.54, 1.807) is 12.8 Å². The van der Waals surface area contributed by atoms with Gasteiger partial charge in [0.25, 0.3) is 0 Å². The van der Waals surface area contributed by atoms with Crippen molar-refractivity contribution in [1.29, 1.82) is 0 Å². The van der Waals surface area contributed by atoms with Crippen LogP contribution in [0.1, 0.15) is 33.1 Å². The average molecular weight is 122 g/mol. The van der Waals surface area contributed by atoms with Crippen LogP contribution >= 0.6 is 0 Å². The topological polar surface area (TPSA) is 0 Å². The van der Waals surface area contributed by atoms with Crippen LogP contribution in [0, 0.1) is 22.7 Å². The van der Waals surface area contributed by atoms with Gasteiger partial charge >= 0.3 is 0 Å². The van der Waals surface area contributed by atoms with Gasteiger partial charge in [0.15, 0.2) is 0 Å². The zero-order chi connectivity index (χ0) is 6.28. The Morgan fingerprint density at radius 2 is 2.22 bits per heavy atom. The highest BCUT2D eigenvalue weighted by atomic mass is 14.9. The molecule has 4 atom stereocenters. The summed E-state index contributed by atoms with van der Waals surface area (Å²) < 4.78 is 0. The van der Waals surface area contributed by atoms with Gasteiger partial charge in [0, 0.05) is 0 Å². The van der Waals surface area contributed by atoms with Gasteiger partial charge in [0.1, 0.15) is 0 Å². The van der Waals surface area contributed by atoms with Gasteiger partial charge in [-0.1, -0.05) is 13.8 Å². The van der Waals surface area contributed by atoms with Gasteiger partial charge in [0.2, 0.25) is 0 Å². The smallest absolute Gasteiger partial charge is 0.0207 e. The molecule has 9 heavy (non-hydrogen) atoms. The lowest BCUT2D eigenvalue weighted by atomic mass is 9.74. The Hall–Kier alpha value is 0. The van der Waals surface area contributed by atoms with E-state index in [9.17, 15) is 0 Å². The van der Waals surface area contributed by atoms with Gasteiger partial charge in [0.05, 0.1) is 0 Å². The summed E-state index contributed by atoms with van der Waals surface area (Å²) in [6.45, 7) is 4.88. The molecule has 0 aliphatic heterocycles. The first-order valence-electron chi connectivity index (χ1n) is 4.24. The molecule has 0 bridgehead atoms. The summed E-state index contributed by atoms with van der Waals surface area (Å²) in [5.74, 6) is 2.39. The lowest BCUT2D eigenvalue weighted by Crippen LogP contribution is -2.26. The van der Waals surface area contributed by atoms with E-state index in [0.717, 1.165) is 10.8 Å². The molecule has 0 radical (unpaired) electrons. The third-order valence-corrected chi connectivity index (χ3v) is 4.64. The van der Waals surface area contributed by atoms with Crippen molar-refractivity contribution in [1.82, 2.24) is 0 Å². The highest BCUT2D eigenvalue weighted by Gasteiger charge is 2.87. The molecule has 3 fully saturated rings. The van der Waals surface area contributed by atoms with Crippen molar-refractivity contribution in [3.05, 3.63) is 0 Å². The molecule has 0 heteroatoms. The molecule has 0 nitrogen and oxygen atoms in total. The second kappa shape index (κ2) is 0.889. The van der Waals surface area contributed by atoms with Crippen LogP contribution in [-0.2, 0) is 0 Å². The monoisotopic (exact) mass is 122 g/mol. The number of hydrogen-bond donors (Lipinski definition) is 0. The highest BCUT2D eigenvalue weighted by Crippen LogP contribution is 2.93. The van der Waals surface area contributed by atoms with Gasteiger partial charge in [-0.15, -0.1) is 0 Å². The van der Waals surface area contributed by atoms with Crippen molar-refractivity contribution < 1.29 is 0 Å². The van der Waals surface area contributed by atoms with Crippen molar-refractivity contribution in [3.63, 3.8) is 0 Å². The maximum Gasteiger partial charge on any atom is -0.0207 e. The maximum atomic E-state index is 2.50. The molecule has 3 rings (SSSR count). The van der Waals surface area contributed by atoms with Crippen molar-refractivity contribution >= 4 is 0 Å². The molecule has 0 aromatic rings. The van der Waals surface area contributed by atoms with Crippen molar-refractivity contribution in [2.45, 2.75) is 33.1 Å². The van der Waals surface area contributed by atoms with Gasteiger partial charge in [-0.2, -0.15) is 0 Å². The minimum absolute atomic E-state index is 0.867. The summed E-state index contributed by atoms with van der Waals surface area (Å²) in [7, 11) is 0. The second-order valence-electron chi connectivity index (χ2n) is 4.55. The third kappa shape index (κ3) is 0.249. The van der Waals surface area contributed by atoms with E-state index >= 15 is 0 Å². The molecule has 3 aliphatic rings. The lowest BCUT2D eigenvalue weighted by Gasteiger charge is -2.31. The van der Waals surface area contributed by atoms with Crippen LogP contribution in [0.2, 0.25) is 0 Å². The zero-order valence-corrected chi connectivity index (χ0v) is 6.28. The molecular formula is C9H14. The first-order chi connectivity index (χ1) is 4.24. The largest absolute Gasteiger partial charge is 0.0648 e. The van der Waals surface area contributed by atoms with E-state index in [1.807, 2.05) is 0 Å². The number of hydrogen-bond acceptors (Lipinski definition) is 0. The van der Waals surface area contributed by atoms with Crippen LogP contribution in [0.5, 0.6) is 0 Å². The molecule has 4 unspecified atom stereocenters. The standard InChI is InChI=1S/C9H14/c1-3-9-5-8(9,2)6-4-7(6)9/h6-7H,3-5H2,1-2H3. The predicted molar refractivity (Wildman–Crippen MR) is 37.0 cm³/mol. The van der Waals surface area contributed by atoms with Crippen LogP contribution in [0.3, 0.4) is 0 Å². The summed E-state index contributed by atoms with van der Waals surface area (Å²) >= 11 is 0. The molecule has 0 N–H and O–H groups in total. The molecule has 3 saturated carbocycles. The van der Waals surface area contributed by atoms with E-state index in [2.05, 4.69) is 13.8 Å². The van der Waals surface area contributed by atoms with Gasteiger partial charge in [-0.05, 0) is 41.9 Å². The van der Waals surface area contributed by atoms with Crippen molar-refractivity contribution in [2.75, 3.05) is 0 Å². The van der Waals surface area contributed by atoms with Crippen LogP contribution in [-0.4, -0.2) is 0 Å². The molecule has 0 spiro atoms. The fourth-order valence-corrected chi connectivity index (χ4v) is 3.87. The van der Waals surface area contributed by atoms with Crippen molar-refractivity contribution in [3.8, 4) is 0 Å². The second-order valence-corrected chi connectivity index (χ2v) is 4.55. The fourth-order valence-electron chi connectivity index (χ4n) is 3.87. The van der Waals surface area contributed by atoms with Crippen molar-refractivity contribution in [2.24, 2.45) is 22.7 Å². The Labute approximate surface area is 56.6 Å². The van der Waals surface area contributed by atoms with Crippen LogP contribution < -0.4 is 0 Å². The number of fused-ring (bicyclic) bond motifs is 4. The Morgan fingerprint density at radius 3 is 2.44 bits per heavy atom. The Bertz CT molecular complexity index is 184. The Balaban J connectivity index is 2.00. The molecule has 0 aromatic heterocycles. The van der Waals surface area contributed by atoms with Crippen LogP contribution in [0.25, 0.3) is 0 Å². The quantitative estimate of drug-likeness (QED) is 0.501. The molecule has 0 aromatic carbocycles. The van der Waals surface area contributed by atoms with Crippen LogP contribution in [0.4, 0.5) is 0 Å². The highest BCUT2D eigenvalue weighted by molar-refractivity contribution is 5.35. The molecule has 50 valence electrons. The fraction of sp³-hybridized carbons (Fsp3) is 1.00. The SMILES string of the molecule is CCC12CC1(C)C1CC12. The molecule has 0 heterocycles. The van der Waals surface area contributed by atoms with E-state index in [1.165, 1.54) is 18.3 Å². The predicted octanol–water partition coefficient (Wildman–Crippen LogP) is 2.44. The maximum absolute atomic E-state index is 2.50. The summed E-state index contributed by atoms with van der Waals surface area (Å²) in [6, 6.07) is 0. The summed E-state index contributed by atoms with van der Waals surface area (Å²) in [5, 5.41) is 0. The minimum Gasteiger partial charge on any atom is -0.0648 e. The van der Waals surface area contributed by atoms with Gasteiger partial charge < -0.3 is 0 Å². The van der Waals surface area contributed by atoms with Crippen LogP contribution in [0.15, 0.2) is 0 Å². The molecule has 3 aliphatic carbocycles. The summed E-state index contributed by atoms with van der Waals surface area (Å²) in [6.07, 6.45) is 4.63. The summed E-state index contributed by atoms with van der Waals surface area (Å²) in [4.78, 5) is 0. The zero-order valence-electron chi connectivity index (χ0n) is 6.28. The molecule has 0 amide bonds.